The molecule has 148 valence electrons. The monoisotopic (exact) mass is 379 g/mol. The molecule has 0 bridgehead atoms. The first-order valence-corrected chi connectivity index (χ1v) is 10.00. The SMILES string of the molecule is CCCC(=O)C[C@]1(C(C)C)C(=O)N(Cc2ccc(OC)cc2)c2ccccc21. The second-order valence-corrected chi connectivity index (χ2v) is 7.85. The van der Waals surface area contributed by atoms with E-state index < -0.39 is 5.41 Å². The van der Waals surface area contributed by atoms with Crippen molar-refractivity contribution < 1.29 is 14.3 Å². The summed E-state index contributed by atoms with van der Waals surface area (Å²) in [4.78, 5) is 28.2. The molecule has 0 N–H and O–H groups in total. The normalized spacial score (nSPS) is 18.5. The molecule has 1 heterocycles. The fraction of sp³-hybridized carbons (Fsp3) is 0.417. The molecule has 1 atom stereocenters. The van der Waals surface area contributed by atoms with Crippen LogP contribution in [0.25, 0.3) is 0 Å². The molecule has 2 aromatic rings. The van der Waals surface area contributed by atoms with Gasteiger partial charge in [-0.1, -0.05) is 51.1 Å². The molecule has 0 fully saturated rings. The van der Waals surface area contributed by atoms with Crippen molar-refractivity contribution >= 4 is 17.4 Å². The molecule has 0 radical (unpaired) electrons. The maximum Gasteiger partial charge on any atom is 0.238 e. The Morgan fingerprint density at radius 2 is 1.79 bits per heavy atom. The van der Waals surface area contributed by atoms with Gasteiger partial charge in [-0.15, -0.1) is 0 Å². The van der Waals surface area contributed by atoms with E-state index in [1.54, 1.807) is 7.11 Å². The predicted molar refractivity (Wildman–Crippen MR) is 112 cm³/mol. The maximum atomic E-state index is 13.7. The Labute approximate surface area is 167 Å². The van der Waals surface area contributed by atoms with Crippen LogP contribution in [0.4, 0.5) is 5.69 Å². The van der Waals surface area contributed by atoms with Crippen LogP contribution in [0.1, 0.15) is 51.2 Å². The van der Waals surface area contributed by atoms with Gasteiger partial charge in [0.2, 0.25) is 5.91 Å². The van der Waals surface area contributed by atoms with E-state index >= 15 is 0 Å². The van der Waals surface area contributed by atoms with Crippen molar-refractivity contribution in [2.75, 3.05) is 12.0 Å². The minimum atomic E-state index is -0.782. The Kier molecular flexibility index (Phi) is 5.87. The molecule has 2 aromatic carbocycles. The summed E-state index contributed by atoms with van der Waals surface area (Å²) < 4.78 is 5.23. The largest absolute Gasteiger partial charge is 0.497 e. The summed E-state index contributed by atoms with van der Waals surface area (Å²) >= 11 is 0. The smallest absolute Gasteiger partial charge is 0.238 e. The van der Waals surface area contributed by atoms with Crippen LogP contribution in [0, 0.1) is 5.92 Å². The lowest BCUT2D eigenvalue weighted by atomic mass is 9.69. The van der Waals surface area contributed by atoms with Crippen LogP contribution in [-0.2, 0) is 21.5 Å². The zero-order valence-electron chi connectivity index (χ0n) is 17.2. The molecular weight excluding hydrogens is 350 g/mol. The number of rotatable bonds is 8. The molecule has 1 amide bonds. The van der Waals surface area contributed by atoms with Gasteiger partial charge in [0.1, 0.15) is 11.5 Å². The number of Topliss-reactive ketones (excluding diaryl/α,β-unsaturated/α-hetero) is 1. The highest BCUT2D eigenvalue weighted by atomic mass is 16.5. The van der Waals surface area contributed by atoms with E-state index in [2.05, 4.69) is 0 Å². The topological polar surface area (TPSA) is 46.6 Å². The highest BCUT2D eigenvalue weighted by Crippen LogP contribution is 2.49. The first kappa shape index (κ1) is 20.1. The minimum Gasteiger partial charge on any atom is -0.497 e. The van der Waals surface area contributed by atoms with Gasteiger partial charge >= 0.3 is 0 Å². The Bertz CT molecular complexity index is 856. The number of amides is 1. The van der Waals surface area contributed by atoms with Gasteiger partial charge in [0.05, 0.1) is 19.1 Å². The summed E-state index contributed by atoms with van der Waals surface area (Å²) in [5.41, 5.74) is 2.15. The first-order chi connectivity index (χ1) is 13.4. The zero-order valence-corrected chi connectivity index (χ0v) is 17.2. The lowest BCUT2D eigenvalue weighted by Gasteiger charge is -2.32. The second kappa shape index (κ2) is 8.17. The van der Waals surface area contributed by atoms with Crippen molar-refractivity contribution in [1.29, 1.82) is 0 Å². The number of carbonyl (C=O) groups is 2. The lowest BCUT2D eigenvalue weighted by molar-refractivity contribution is -0.130. The molecule has 28 heavy (non-hydrogen) atoms. The average molecular weight is 380 g/mol. The molecule has 0 unspecified atom stereocenters. The molecule has 1 aliphatic rings. The van der Waals surface area contributed by atoms with Crippen molar-refractivity contribution in [3.8, 4) is 5.75 Å². The molecule has 0 aromatic heterocycles. The van der Waals surface area contributed by atoms with Crippen molar-refractivity contribution in [1.82, 2.24) is 0 Å². The number of anilines is 1. The van der Waals surface area contributed by atoms with Crippen LogP contribution < -0.4 is 9.64 Å². The van der Waals surface area contributed by atoms with Crippen molar-refractivity contribution in [2.24, 2.45) is 5.92 Å². The maximum absolute atomic E-state index is 13.7. The number of benzene rings is 2. The summed E-state index contributed by atoms with van der Waals surface area (Å²) in [6, 6.07) is 15.7. The quantitative estimate of drug-likeness (QED) is 0.656. The van der Waals surface area contributed by atoms with E-state index in [9.17, 15) is 9.59 Å². The summed E-state index contributed by atoms with van der Waals surface area (Å²) in [5, 5.41) is 0. The molecule has 3 rings (SSSR count). The van der Waals surface area contributed by atoms with Crippen molar-refractivity contribution in [2.45, 2.75) is 52.0 Å². The van der Waals surface area contributed by atoms with E-state index in [-0.39, 0.29) is 24.0 Å². The average Bonchev–Trinajstić information content (AvgIpc) is 2.92. The predicted octanol–water partition coefficient (Wildman–Crippen LogP) is 4.90. The number of hydrogen-bond acceptors (Lipinski definition) is 3. The third-order valence-electron chi connectivity index (χ3n) is 5.79. The van der Waals surface area contributed by atoms with Gasteiger partial charge in [-0.25, -0.2) is 0 Å². The standard InChI is InChI=1S/C24H29NO3/c1-5-8-19(26)15-24(17(2)3)21-9-6-7-10-22(21)25(23(24)27)16-18-11-13-20(28-4)14-12-18/h6-7,9-14,17H,5,8,15-16H2,1-4H3/t24-/m1/s1. The molecule has 1 aliphatic heterocycles. The second-order valence-electron chi connectivity index (χ2n) is 7.85. The number of ether oxygens (including phenoxy) is 1. The van der Waals surface area contributed by atoms with Crippen LogP contribution in [0.15, 0.2) is 48.5 Å². The number of methoxy groups -OCH3 is 1. The van der Waals surface area contributed by atoms with Gasteiger partial charge in [0.25, 0.3) is 0 Å². The third-order valence-corrected chi connectivity index (χ3v) is 5.79. The summed E-state index contributed by atoms with van der Waals surface area (Å²) in [6.07, 6.45) is 1.59. The van der Waals surface area contributed by atoms with Crippen molar-refractivity contribution in [3.63, 3.8) is 0 Å². The molecule has 0 spiro atoms. The van der Waals surface area contributed by atoms with Gasteiger partial charge in [-0.2, -0.15) is 0 Å². The Morgan fingerprint density at radius 1 is 1.11 bits per heavy atom. The van der Waals surface area contributed by atoms with Gasteiger partial charge in [-0.3, -0.25) is 9.59 Å². The number of carbonyl (C=O) groups excluding carboxylic acids is 2. The Hall–Kier alpha value is -2.62. The molecular formula is C24H29NO3. The van der Waals surface area contributed by atoms with Crippen LogP contribution >= 0.6 is 0 Å². The number of ketones is 1. The van der Waals surface area contributed by atoms with Gasteiger partial charge in [0.15, 0.2) is 0 Å². The van der Waals surface area contributed by atoms with Crippen LogP contribution in [0.3, 0.4) is 0 Å². The van der Waals surface area contributed by atoms with E-state index in [0.29, 0.717) is 13.0 Å². The van der Waals surface area contributed by atoms with Crippen LogP contribution in [0.2, 0.25) is 0 Å². The van der Waals surface area contributed by atoms with E-state index in [0.717, 1.165) is 29.0 Å². The molecule has 0 aliphatic carbocycles. The molecule has 4 nitrogen and oxygen atoms in total. The number of hydrogen-bond donors (Lipinski definition) is 0. The number of para-hydroxylation sites is 1. The Morgan fingerprint density at radius 3 is 2.39 bits per heavy atom. The van der Waals surface area contributed by atoms with Crippen LogP contribution in [0.5, 0.6) is 5.75 Å². The van der Waals surface area contributed by atoms with Crippen LogP contribution in [-0.4, -0.2) is 18.8 Å². The summed E-state index contributed by atoms with van der Waals surface area (Å²) in [5.74, 6) is 1.01. The molecule has 0 saturated heterocycles. The fourth-order valence-corrected chi connectivity index (χ4v) is 4.23. The third kappa shape index (κ3) is 3.44. The first-order valence-electron chi connectivity index (χ1n) is 10.00. The van der Waals surface area contributed by atoms with Crippen molar-refractivity contribution in [3.05, 3.63) is 59.7 Å². The molecule has 4 heteroatoms. The van der Waals surface area contributed by atoms with E-state index in [1.807, 2.05) is 74.2 Å². The summed E-state index contributed by atoms with van der Waals surface area (Å²) in [7, 11) is 1.64. The summed E-state index contributed by atoms with van der Waals surface area (Å²) in [6.45, 7) is 6.58. The highest BCUT2D eigenvalue weighted by molar-refractivity contribution is 6.10. The van der Waals surface area contributed by atoms with Gasteiger partial charge in [-0.05, 0) is 41.7 Å². The number of fused-ring (bicyclic) bond motifs is 1. The Balaban J connectivity index is 2.01. The molecule has 0 saturated carbocycles. The number of nitrogens with zero attached hydrogens (tertiary/aromatic N) is 1. The van der Waals surface area contributed by atoms with Gasteiger partial charge < -0.3 is 9.64 Å². The lowest BCUT2D eigenvalue weighted by Crippen LogP contribution is -2.45. The zero-order chi connectivity index (χ0) is 20.3. The minimum absolute atomic E-state index is 0.0304. The highest BCUT2D eigenvalue weighted by Gasteiger charge is 2.53. The van der Waals surface area contributed by atoms with E-state index in [4.69, 9.17) is 4.74 Å². The fourth-order valence-electron chi connectivity index (χ4n) is 4.23. The van der Waals surface area contributed by atoms with Gasteiger partial charge in [0, 0.05) is 18.5 Å². The van der Waals surface area contributed by atoms with E-state index in [1.165, 1.54) is 0 Å².